The lowest BCUT2D eigenvalue weighted by Gasteiger charge is -2.02. The summed E-state index contributed by atoms with van der Waals surface area (Å²) < 4.78 is 38.3. The second-order valence-corrected chi connectivity index (χ2v) is 3.50. The van der Waals surface area contributed by atoms with E-state index < -0.39 is 24.3 Å². The largest absolute Gasteiger partial charge is 0.454 e. The Bertz CT molecular complexity index is 572. The number of aliphatic hydroxyl groups is 1. The quantitative estimate of drug-likeness (QED) is 0.822. The van der Waals surface area contributed by atoms with Gasteiger partial charge in [-0.15, -0.1) is 0 Å². The fourth-order valence-corrected chi connectivity index (χ4v) is 1.70. The maximum Gasteiger partial charge on any atom is 0.454 e. The van der Waals surface area contributed by atoms with Gasteiger partial charge in [-0.1, -0.05) is 18.2 Å². The fourth-order valence-electron chi connectivity index (χ4n) is 1.70. The van der Waals surface area contributed by atoms with E-state index in [1.165, 1.54) is 16.7 Å². The number of benzene rings is 1. The van der Waals surface area contributed by atoms with Crippen LogP contribution in [0.4, 0.5) is 13.2 Å². The van der Waals surface area contributed by atoms with Gasteiger partial charge in [-0.3, -0.25) is 4.79 Å². The molecule has 2 aromatic rings. The standard InChI is InChI=1S/C11H8F3NO2/c12-11(13,14)10(17)8-5-15(6-16)9-4-2-1-3-7(8)9/h1-5,16H,6H2. The van der Waals surface area contributed by atoms with Gasteiger partial charge in [0.1, 0.15) is 6.73 Å². The number of hydrogen-bond donors (Lipinski definition) is 1. The summed E-state index contributed by atoms with van der Waals surface area (Å²) in [4.78, 5) is 11.2. The Morgan fingerprint density at radius 3 is 2.53 bits per heavy atom. The molecule has 0 aliphatic heterocycles. The summed E-state index contributed by atoms with van der Waals surface area (Å²) in [6, 6.07) is 6.12. The third kappa shape index (κ3) is 1.91. The molecular weight excluding hydrogens is 235 g/mol. The summed E-state index contributed by atoms with van der Waals surface area (Å²) in [7, 11) is 0. The van der Waals surface area contributed by atoms with Crippen LogP contribution >= 0.6 is 0 Å². The number of Topliss-reactive ketones (excluding diaryl/α,β-unsaturated/α-hetero) is 1. The Labute approximate surface area is 94.1 Å². The number of halogens is 3. The topological polar surface area (TPSA) is 42.2 Å². The Morgan fingerprint density at radius 2 is 1.94 bits per heavy atom. The Kier molecular flexibility index (Phi) is 2.66. The van der Waals surface area contributed by atoms with Crippen molar-refractivity contribution in [1.29, 1.82) is 0 Å². The molecule has 6 heteroatoms. The molecule has 0 amide bonds. The van der Waals surface area contributed by atoms with Crippen LogP contribution in [-0.2, 0) is 6.73 Å². The fraction of sp³-hybridized carbons (Fsp3) is 0.182. The molecule has 1 aromatic carbocycles. The van der Waals surface area contributed by atoms with Crippen molar-refractivity contribution in [3.05, 3.63) is 36.0 Å². The molecule has 0 atom stereocenters. The highest BCUT2D eigenvalue weighted by atomic mass is 19.4. The molecule has 1 heterocycles. The van der Waals surface area contributed by atoms with Crippen LogP contribution in [0.25, 0.3) is 10.9 Å². The maximum absolute atomic E-state index is 12.4. The number of aromatic nitrogens is 1. The molecule has 0 saturated carbocycles. The first-order chi connectivity index (χ1) is 7.95. The average Bonchev–Trinajstić information content (AvgIpc) is 2.65. The average molecular weight is 243 g/mol. The number of hydrogen-bond acceptors (Lipinski definition) is 2. The Balaban J connectivity index is 2.67. The first kappa shape index (κ1) is 11.7. The second-order valence-electron chi connectivity index (χ2n) is 3.50. The van der Waals surface area contributed by atoms with Crippen molar-refractivity contribution in [2.75, 3.05) is 0 Å². The van der Waals surface area contributed by atoms with Crippen LogP contribution in [-0.4, -0.2) is 21.6 Å². The number of para-hydroxylation sites is 1. The van der Waals surface area contributed by atoms with Gasteiger partial charge in [0.15, 0.2) is 0 Å². The number of carbonyl (C=O) groups is 1. The molecular formula is C11H8F3NO2. The molecule has 0 fully saturated rings. The second kappa shape index (κ2) is 3.89. The first-order valence-corrected chi connectivity index (χ1v) is 4.75. The van der Waals surface area contributed by atoms with Crippen molar-refractivity contribution < 1.29 is 23.1 Å². The predicted molar refractivity (Wildman–Crippen MR) is 54.5 cm³/mol. The van der Waals surface area contributed by atoms with Crippen molar-refractivity contribution >= 4 is 16.7 Å². The normalized spacial score (nSPS) is 12.0. The van der Waals surface area contributed by atoms with Crippen LogP contribution in [0, 0.1) is 0 Å². The van der Waals surface area contributed by atoms with E-state index in [0.717, 1.165) is 6.20 Å². The molecule has 3 nitrogen and oxygen atoms in total. The minimum atomic E-state index is -4.91. The summed E-state index contributed by atoms with van der Waals surface area (Å²) in [5.74, 6) is -1.90. The van der Waals surface area contributed by atoms with Gasteiger partial charge < -0.3 is 9.67 Å². The van der Waals surface area contributed by atoms with E-state index in [1.807, 2.05) is 0 Å². The van der Waals surface area contributed by atoms with Crippen molar-refractivity contribution in [2.24, 2.45) is 0 Å². The van der Waals surface area contributed by atoms with Crippen LogP contribution in [0.15, 0.2) is 30.5 Å². The van der Waals surface area contributed by atoms with Gasteiger partial charge in [-0.2, -0.15) is 13.2 Å². The molecule has 0 spiro atoms. The monoisotopic (exact) mass is 243 g/mol. The lowest BCUT2D eigenvalue weighted by Crippen LogP contribution is -2.22. The summed E-state index contributed by atoms with van der Waals surface area (Å²) in [5.41, 5.74) is -0.0512. The highest BCUT2D eigenvalue weighted by Gasteiger charge is 2.40. The smallest absolute Gasteiger partial charge is 0.376 e. The molecule has 2 rings (SSSR count). The zero-order chi connectivity index (χ0) is 12.6. The summed E-state index contributed by atoms with van der Waals surface area (Å²) >= 11 is 0. The third-order valence-corrected chi connectivity index (χ3v) is 2.44. The number of carbonyl (C=O) groups excluding carboxylic acids is 1. The van der Waals surface area contributed by atoms with Crippen LogP contribution in [0.1, 0.15) is 10.4 Å². The Morgan fingerprint density at radius 1 is 1.29 bits per heavy atom. The van der Waals surface area contributed by atoms with E-state index in [0.29, 0.717) is 5.52 Å². The van der Waals surface area contributed by atoms with Crippen LogP contribution in [0.5, 0.6) is 0 Å². The number of aliphatic hydroxyl groups excluding tert-OH is 1. The molecule has 1 N–H and O–H groups in total. The number of alkyl halides is 3. The SMILES string of the molecule is O=C(c1cn(CO)c2ccccc12)C(F)(F)F. The lowest BCUT2D eigenvalue weighted by atomic mass is 10.1. The highest BCUT2D eigenvalue weighted by Crippen LogP contribution is 2.28. The summed E-state index contributed by atoms with van der Waals surface area (Å²) in [6.45, 7) is -0.481. The molecule has 0 aliphatic rings. The molecule has 0 unspecified atom stereocenters. The van der Waals surface area contributed by atoms with Gasteiger partial charge in [0.25, 0.3) is 5.78 Å². The van der Waals surface area contributed by atoms with E-state index in [9.17, 15) is 18.0 Å². The van der Waals surface area contributed by atoms with Gasteiger partial charge >= 0.3 is 6.18 Å². The number of fused-ring (bicyclic) bond motifs is 1. The zero-order valence-electron chi connectivity index (χ0n) is 8.53. The van der Waals surface area contributed by atoms with Crippen molar-refractivity contribution in [3.63, 3.8) is 0 Å². The third-order valence-electron chi connectivity index (χ3n) is 2.44. The van der Waals surface area contributed by atoms with Gasteiger partial charge in [0.2, 0.25) is 0 Å². The molecule has 0 saturated heterocycles. The number of nitrogens with zero attached hydrogens (tertiary/aromatic N) is 1. The van der Waals surface area contributed by atoms with E-state index >= 15 is 0 Å². The number of rotatable bonds is 2. The van der Waals surface area contributed by atoms with Crippen LogP contribution in [0.2, 0.25) is 0 Å². The van der Waals surface area contributed by atoms with Gasteiger partial charge in [-0.25, -0.2) is 0 Å². The van der Waals surface area contributed by atoms with Crippen LogP contribution in [0.3, 0.4) is 0 Å². The lowest BCUT2D eigenvalue weighted by molar-refractivity contribution is -0.0884. The van der Waals surface area contributed by atoms with Crippen molar-refractivity contribution in [2.45, 2.75) is 12.9 Å². The first-order valence-electron chi connectivity index (χ1n) is 4.75. The highest BCUT2D eigenvalue weighted by molar-refractivity contribution is 6.10. The molecule has 0 aliphatic carbocycles. The van der Waals surface area contributed by atoms with Gasteiger partial charge in [0.05, 0.1) is 11.1 Å². The van der Waals surface area contributed by atoms with E-state index in [-0.39, 0.29) is 5.39 Å². The van der Waals surface area contributed by atoms with E-state index in [1.54, 1.807) is 12.1 Å². The summed E-state index contributed by atoms with van der Waals surface area (Å²) in [5, 5.41) is 9.19. The minimum absolute atomic E-state index is 0.184. The molecule has 90 valence electrons. The van der Waals surface area contributed by atoms with Crippen molar-refractivity contribution in [3.8, 4) is 0 Å². The summed E-state index contributed by atoms with van der Waals surface area (Å²) in [6.07, 6.45) is -3.90. The van der Waals surface area contributed by atoms with Gasteiger partial charge in [-0.05, 0) is 6.07 Å². The zero-order valence-corrected chi connectivity index (χ0v) is 8.53. The minimum Gasteiger partial charge on any atom is -0.376 e. The predicted octanol–water partition coefficient (Wildman–Crippen LogP) is 2.34. The molecule has 0 radical (unpaired) electrons. The van der Waals surface area contributed by atoms with E-state index in [4.69, 9.17) is 5.11 Å². The maximum atomic E-state index is 12.4. The van der Waals surface area contributed by atoms with Crippen LogP contribution < -0.4 is 0 Å². The molecule has 0 bridgehead atoms. The van der Waals surface area contributed by atoms with E-state index in [2.05, 4.69) is 0 Å². The number of ketones is 1. The van der Waals surface area contributed by atoms with Gasteiger partial charge in [0, 0.05) is 11.6 Å². The molecule has 17 heavy (non-hydrogen) atoms. The Hall–Kier alpha value is -1.82. The molecule has 1 aromatic heterocycles. The van der Waals surface area contributed by atoms with Crippen molar-refractivity contribution in [1.82, 2.24) is 4.57 Å².